The van der Waals surface area contributed by atoms with Crippen LogP contribution < -0.4 is 10.2 Å². The van der Waals surface area contributed by atoms with Crippen LogP contribution in [-0.4, -0.2) is 31.2 Å². The third-order valence-corrected chi connectivity index (χ3v) is 3.71. The zero-order chi connectivity index (χ0) is 12.5. The van der Waals surface area contributed by atoms with Gasteiger partial charge in [0.15, 0.2) is 0 Å². The van der Waals surface area contributed by atoms with Crippen molar-refractivity contribution in [2.75, 3.05) is 31.1 Å². The molecule has 1 fully saturated rings. The standard InChI is InChI=1S/C13H13Cl2N3.ClH/c14-9-7-10(15)13-11(8-9)17-2-1-12(13)18-5-3-16-4-6-18;/h1-2,7-8,16H,3-6H2;1H. The summed E-state index contributed by atoms with van der Waals surface area (Å²) in [7, 11) is 0. The van der Waals surface area contributed by atoms with E-state index in [-0.39, 0.29) is 12.4 Å². The summed E-state index contributed by atoms with van der Waals surface area (Å²) in [6.45, 7) is 3.96. The van der Waals surface area contributed by atoms with Crippen molar-refractivity contribution in [3.8, 4) is 0 Å². The van der Waals surface area contributed by atoms with Gasteiger partial charge in [-0.05, 0) is 18.2 Å². The number of aromatic nitrogens is 1. The van der Waals surface area contributed by atoms with Crippen LogP contribution in [0, 0.1) is 0 Å². The lowest BCUT2D eigenvalue weighted by Gasteiger charge is -2.30. The van der Waals surface area contributed by atoms with E-state index in [4.69, 9.17) is 23.2 Å². The van der Waals surface area contributed by atoms with Crippen LogP contribution in [-0.2, 0) is 0 Å². The number of fused-ring (bicyclic) bond motifs is 1. The Morgan fingerprint density at radius 2 is 1.89 bits per heavy atom. The molecule has 6 heteroatoms. The zero-order valence-electron chi connectivity index (χ0n) is 10.2. The summed E-state index contributed by atoms with van der Waals surface area (Å²) < 4.78 is 0. The molecular formula is C13H14Cl3N3. The fourth-order valence-electron chi connectivity index (χ4n) is 2.36. The van der Waals surface area contributed by atoms with E-state index in [1.807, 2.05) is 18.3 Å². The molecule has 1 saturated heterocycles. The third-order valence-electron chi connectivity index (χ3n) is 3.19. The highest BCUT2D eigenvalue weighted by Gasteiger charge is 2.15. The molecular weight excluding hydrogens is 305 g/mol. The fraction of sp³-hybridized carbons (Fsp3) is 0.308. The molecule has 0 amide bonds. The van der Waals surface area contributed by atoms with Crippen LogP contribution in [0.1, 0.15) is 0 Å². The highest BCUT2D eigenvalue weighted by molar-refractivity contribution is 6.39. The van der Waals surface area contributed by atoms with E-state index in [9.17, 15) is 0 Å². The smallest absolute Gasteiger partial charge is 0.0752 e. The molecule has 0 atom stereocenters. The van der Waals surface area contributed by atoms with E-state index in [2.05, 4.69) is 15.2 Å². The Morgan fingerprint density at radius 3 is 2.63 bits per heavy atom. The Bertz CT molecular complexity index is 583. The van der Waals surface area contributed by atoms with E-state index in [1.165, 1.54) is 0 Å². The first-order chi connectivity index (χ1) is 8.75. The quantitative estimate of drug-likeness (QED) is 0.874. The van der Waals surface area contributed by atoms with Crippen LogP contribution in [0.5, 0.6) is 0 Å². The second-order valence-electron chi connectivity index (χ2n) is 4.35. The molecule has 1 aromatic heterocycles. The minimum absolute atomic E-state index is 0. The van der Waals surface area contributed by atoms with Crippen LogP contribution in [0.2, 0.25) is 10.0 Å². The van der Waals surface area contributed by atoms with Gasteiger partial charge in [-0.1, -0.05) is 23.2 Å². The van der Waals surface area contributed by atoms with Crippen molar-refractivity contribution in [2.45, 2.75) is 0 Å². The van der Waals surface area contributed by atoms with Gasteiger partial charge >= 0.3 is 0 Å². The average Bonchev–Trinajstić information content (AvgIpc) is 2.38. The molecule has 0 saturated carbocycles. The molecule has 1 aliphatic heterocycles. The Kier molecular flexibility index (Phi) is 4.74. The number of pyridine rings is 1. The topological polar surface area (TPSA) is 28.2 Å². The van der Waals surface area contributed by atoms with Gasteiger partial charge in [0, 0.05) is 48.5 Å². The molecule has 0 spiro atoms. The molecule has 1 N–H and O–H groups in total. The summed E-state index contributed by atoms with van der Waals surface area (Å²) >= 11 is 12.3. The van der Waals surface area contributed by atoms with E-state index in [0.29, 0.717) is 10.0 Å². The van der Waals surface area contributed by atoms with E-state index in [0.717, 1.165) is 42.8 Å². The molecule has 2 heterocycles. The van der Waals surface area contributed by atoms with Gasteiger partial charge in [0.1, 0.15) is 0 Å². The van der Waals surface area contributed by atoms with Crippen LogP contribution in [0.15, 0.2) is 24.4 Å². The van der Waals surface area contributed by atoms with Gasteiger partial charge in [-0.15, -0.1) is 12.4 Å². The number of nitrogens with one attached hydrogen (secondary N) is 1. The van der Waals surface area contributed by atoms with Gasteiger partial charge in [-0.2, -0.15) is 0 Å². The number of hydrogen-bond acceptors (Lipinski definition) is 3. The fourth-order valence-corrected chi connectivity index (χ4v) is 2.94. The second kappa shape index (κ2) is 6.14. The van der Waals surface area contributed by atoms with Crippen LogP contribution >= 0.6 is 35.6 Å². The summed E-state index contributed by atoms with van der Waals surface area (Å²) in [6.07, 6.45) is 1.81. The van der Waals surface area contributed by atoms with Gasteiger partial charge in [-0.3, -0.25) is 4.98 Å². The van der Waals surface area contributed by atoms with Crippen molar-refractivity contribution in [1.29, 1.82) is 0 Å². The van der Waals surface area contributed by atoms with Crippen molar-refractivity contribution in [3.05, 3.63) is 34.4 Å². The van der Waals surface area contributed by atoms with Crippen molar-refractivity contribution in [3.63, 3.8) is 0 Å². The molecule has 2 aromatic rings. The summed E-state index contributed by atoms with van der Waals surface area (Å²) in [5.74, 6) is 0. The molecule has 0 unspecified atom stereocenters. The van der Waals surface area contributed by atoms with Crippen molar-refractivity contribution >= 4 is 52.2 Å². The van der Waals surface area contributed by atoms with E-state index >= 15 is 0 Å². The lowest BCUT2D eigenvalue weighted by molar-refractivity contribution is 0.590. The van der Waals surface area contributed by atoms with Crippen molar-refractivity contribution in [1.82, 2.24) is 10.3 Å². The molecule has 0 radical (unpaired) electrons. The lowest BCUT2D eigenvalue weighted by Crippen LogP contribution is -2.43. The Morgan fingerprint density at radius 1 is 1.16 bits per heavy atom. The number of hydrogen-bond donors (Lipinski definition) is 1. The predicted octanol–water partition coefficient (Wildman–Crippen LogP) is 3.37. The monoisotopic (exact) mass is 317 g/mol. The molecule has 19 heavy (non-hydrogen) atoms. The molecule has 0 bridgehead atoms. The van der Waals surface area contributed by atoms with Gasteiger partial charge < -0.3 is 10.2 Å². The van der Waals surface area contributed by atoms with Crippen LogP contribution in [0.4, 0.5) is 5.69 Å². The molecule has 1 aromatic carbocycles. The zero-order valence-corrected chi connectivity index (χ0v) is 12.5. The summed E-state index contributed by atoms with van der Waals surface area (Å²) in [5, 5.41) is 5.62. The SMILES string of the molecule is Cl.Clc1cc(Cl)c2c(N3CCNCC3)ccnc2c1. The number of nitrogens with zero attached hydrogens (tertiary/aromatic N) is 2. The Hall–Kier alpha value is -0.740. The lowest BCUT2D eigenvalue weighted by atomic mass is 10.1. The average molecular weight is 319 g/mol. The number of piperazine rings is 1. The molecule has 102 valence electrons. The highest BCUT2D eigenvalue weighted by atomic mass is 35.5. The van der Waals surface area contributed by atoms with Crippen molar-refractivity contribution in [2.24, 2.45) is 0 Å². The van der Waals surface area contributed by atoms with Gasteiger partial charge in [0.25, 0.3) is 0 Å². The summed E-state index contributed by atoms with van der Waals surface area (Å²) in [5.41, 5.74) is 1.99. The summed E-state index contributed by atoms with van der Waals surface area (Å²) in [4.78, 5) is 6.68. The van der Waals surface area contributed by atoms with E-state index < -0.39 is 0 Å². The maximum absolute atomic E-state index is 6.32. The first-order valence-electron chi connectivity index (χ1n) is 5.95. The van der Waals surface area contributed by atoms with Gasteiger partial charge in [0.05, 0.1) is 10.5 Å². The highest BCUT2D eigenvalue weighted by Crippen LogP contribution is 2.34. The Labute approximate surface area is 128 Å². The second-order valence-corrected chi connectivity index (χ2v) is 5.19. The van der Waals surface area contributed by atoms with Gasteiger partial charge in [0.2, 0.25) is 0 Å². The first-order valence-corrected chi connectivity index (χ1v) is 6.71. The largest absolute Gasteiger partial charge is 0.368 e. The number of anilines is 1. The number of rotatable bonds is 1. The molecule has 3 nitrogen and oxygen atoms in total. The molecule has 0 aliphatic carbocycles. The minimum atomic E-state index is 0. The Balaban J connectivity index is 0.00000133. The maximum atomic E-state index is 6.32. The van der Waals surface area contributed by atoms with Gasteiger partial charge in [-0.25, -0.2) is 0 Å². The molecule has 1 aliphatic rings. The normalized spacial score (nSPS) is 15.4. The van der Waals surface area contributed by atoms with Crippen LogP contribution in [0.3, 0.4) is 0 Å². The first kappa shape index (κ1) is 14.7. The predicted molar refractivity (Wildman–Crippen MR) is 84.1 cm³/mol. The number of halogens is 3. The van der Waals surface area contributed by atoms with E-state index in [1.54, 1.807) is 6.07 Å². The van der Waals surface area contributed by atoms with Crippen molar-refractivity contribution < 1.29 is 0 Å². The third kappa shape index (κ3) is 2.90. The maximum Gasteiger partial charge on any atom is 0.0752 e. The summed E-state index contributed by atoms with van der Waals surface area (Å²) in [6, 6.07) is 5.65. The number of benzene rings is 1. The minimum Gasteiger partial charge on any atom is -0.368 e. The van der Waals surface area contributed by atoms with Crippen LogP contribution in [0.25, 0.3) is 10.9 Å². The molecule has 3 rings (SSSR count).